The van der Waals surface area contributed by atoms with Crippen LogP contribution >= 0.6 is 45.8 Å². The second-order valence-corrected chi connectivity index (χ2v) is 14.5. The van der Waals surface area contributed by atoms with Crippen LogP contribution in [0.3, 0.4) is 0 Å². The minimum absolute atomic E-state index is 0.442. The van der Waals surface area contributed by atoms with Crippen LogP contribution in [0.15, 0.2) is 94.0 Å². The number of aromatic nitrogens is 1. The van der Waals surface area contributed by atoms with E-state index in [1.165, 1.54) is 57.2 Å². The SMILES string of the molecule is CCCCn1c2cc(-c3ccc(-c4cccs4)s3)ccc2c2c3ccc(C4CC=C(c5cccs5)S4)cc3oc21. The van der Waals surface area contributed by atoms with Crippen LogP contribution < -0.4 is 0 Å². The van der Waals surface area contributed by atoms with Crippen molar-refractivity contribution in [2.75, 3.05) is 0 Å². The lowest BCUT2D eigenvalue weighted by Gasteiger charge is -2.10. The van der Waals surface area contributed by atoms with E-state index in [0.717, 1.165) is 37.1 Å². The number of fused-ring (bicyclic) bond motifs is 5. The molecule has 8 rings (SSSR count). The number of aryl methyl sites for hydroxylation is 1. The fourth-order valence-electron chi connectivity index (χ4n) is 5.81. The first kappa shape index (κ1) is 24.7. The van der Waals surface area contributed by atoms with Gasteiger partial charge >= 0.3 is 0 Å². The molecular formula is C34H27NOS4. The monoisotopic (exact) mass is 593 g/mol. The molecule has 1 aliphatic rings. The second-order valence-electron chi connectivity index (χ2n) is 10.3. The predicted molar refractivity (Wildman–Crippen MR) is 178 cm³/mol. The van der Waals surface area contributed by atoms with Crippen molar-refractivity contribution in [1.82, 2.24) is 4.57 Å². The number of unbranched alkanes of at least 4 members (excludes halogenated alkanes) is 1. The van der Waals surface area contributed by atoms with Crippen molar-refractivity contribution in [2.24, 2.45) is 0 Å². The molecule has 0 spiro atoms. The van der Waals surface area contributed by atoms with Crippen LogP contribution in [-0.2, 0) is 6.54 Å². The van der Waals surface area contributed by atoms with Crippen molar-refractivity contribution in [2.45, 2.75) is 38.0 Å². The zero-order chi connectivity index (χ0) is 26.6. The van der Waals surface area contributed by atoms with E-state index in [-0.39, 0.29) is 0 Å². The summed E-state index contributed by atoms with van der Waals surface area (Å²) in [6.07, 6.45) is 5.74. The van der Waals surface area contributed by atoms with Crippen molar-refractivity contribution in [3.05, 3.63) is 100 Å². The summed E-state index contributed by atoms with van der Waals surface area (Å²) in [5, 5.41) is 8.51. The Morgan fingerprint density at radius 3 is 2.50 bits per heavy atom. The van der Waals surface area contributed by atoms with Crippen molar-refractivity contribution < 1.29 is 4.42 Å². The standard InChI is InChI=1S/C34H27NOS4/c1-2-3-16-35-25-19-21(27-12-14-31(39-27)29-6-4-17-37-29)8-10-23(25)33-24-11-9-22(20-26(24)36-34(33)35)28-13-15-32(40-28)30-7-5-18-38-30/h4-12,14-15,17-20,28H,2-3,13,16H2,1H3. The average Bonchev–Trinajstić information content (AvgIpc) is 3.81. The molecule has 198 valence electrons. The number of rotatable bonds is 7. The van der Waals surface area contributed by atoms with Crippen LogP contribution in [0.1, 0.15) is 41.9 Å². The smallest absolute Gasteiger partial charge is 0.209 e. The van der Waals surface area contributed by atoms with Gasteiger partial charge in [0.2, 0.25) is 5.71 Å². The van der Waals surface area contributed by atoms with Gasteiger partial charge in [0.1, 0.15) is 5.58 Å². The maximum Gasteiger partial charge on any atom is 0.209 e. The molecule has 1 unspecified atom stereocenters. The molecule has 0 fully saturated rings. The van der Waals surface area contributed by atoms with Gasteiger partial charge in [0.15, 0.2) is 0 Å². The Hall–Kier alpha value is -3.03. The third kappa shape index (κ3) is 4.12. The molecule has 0 amide bonds. The van der Waals surface area contributed by atoms with Gasteiger partial charge in [-0.1, -0.05) is 55.8 Å². The quantitative estimate of drug-likeness (QED) is 0.183. The Morgan fingerprint density at radius 2 is 1.68 bits per heavy atom. The summed E-state index contributed by atoms with van der Waals surface area (Å²) in [5.41, 5.74) is 5.91. The second kappa shape index (κ2) is 10.1. The first-order valence-corrected chi connectivity index (χ1v) is 17.3. The predicted octanol–water partition coefficient (Wildman–Crippen LogP) is 12.1. The largest absolute Gasteiger partial charge is 0.439 e. The molecule has 0 saturated heterocycles. The lowest BCUT2D eigenvalue weighted by atomic mass is 10.0. The van der Waals surface area contributed by atoms with E-state index in [0.29, 0.717) is 5.25 Å². The number of allylic oxidation sites excluding steroid dienone is 1. The molecule has 7 aromatic rings. The van der Waals surface area contributed by atoms with Gasteiger partial charge in [-0.3, -0.25) is 0 Å². The van der Waals surface area contributed by atoms with Crippen molar-refractivity contribution in [3.63, 3.8) is 0 Å². The Balaban J connectivity index is 1.20. The Kier molecular flexibility index (Phi) is 6.25. The summed E-state index contributed by atoms with van der Waals surface area (Å²) in [7, 11) is 0. The minimum atomic E-state index is 0.442. The van der Waals surface area contributed by atoms with E-state index in [1.807, 2.05) is 34.4 Å². The molecule has 1 atom stereocenters. The van der Waals surface area contributed by atoms with Crippen molar-refractivity contribution >= 4 is 83.6 Å². The number of hydrogen-bond acceptors (Lipinski definition) is 5. The van der Waals surface area contributed by atoms with Crippen LogP contribution in [0.5, 0.6) is 0 Å². The van der Waals surface area contributed by atoms with Gasteiger partial charge in [-0.05, 0) is 71.1 Å². The molecule has 1 aliphatic heterocycles. The van der Waals surface area contributed by atoms with E-state index in [2.05, 4.69) is 101 Å². The molecule has 0 radical (unpaired) electrons. The summed E-state index contributed by atoms with van der Waals surface area (Å²) >= 11 is 7.48. The van der Waals surface area contributed by atoms with Crippen LogP contribution in [0.2, 0.25) is 0 Å². The Morgan fingerprint density at radius 1 is 0.850 bits per heavy atom. The maximum absolute atomic E-state index is 6.71. The lowest BCUT2D eigenvalue weighted by molar-refractivity contribution is 0.585. The summed E-state index contributed by atoms with van der Waals surface area (Å²) in [6, 6.07) is 27.1. The normalized spacial score (nSPS) is 15.6. The number of thiophene rings is 3. The Bertz CT molecular complexity index is 2000. The molecule has 40 heavy (non-hydrogen) atoms. The van der Waals surface area contributed by atoms with Crippen molar-refractivity contribution in [1.29, 1.82) is 0 Å². The van der Waals surface area contributed by atoms with E-state index < -0.39 is 0 Å². The molecule has 0 aliphatic carbocycles. The summed E-state index contributed by atoms with van der Waals surface area (Å²) < 4.78 is 9.13. The molecule has 6 heteroatoms. The molecule has 0 saturated carbocycles. The van der Waals surface area contributed by atoms with Gasteiger partial charge in [0.05, 0.1) is 10.9 Å². The van der Waals surface area contributed by atoms with E-state index in [4.69, 9.17) is 4.42 Å². The first-order chi connectivity index (χ1) is 19.8. The van der Waals surface area contributed by atoms with Gasteiger partial charge in [0.25, 0.3) is 0 Å². The Labute approximate surface area is 249 Å². The fourth-order valence-corrected chi connectivity index (χ4v) is 9.75. The third-order valence-corrected chi connectivity index (χ3v) is 12.4. The highest BCUT2D eigenvalue weighted by molar-refractivity contribution is 8.09. The number of nitrogens with zero attached hydrogens (tertiary/aromatic N) is 1. The molecule has 6 heterocycles. The molecule has 2 aromatic carbocycles. The van der Waals surface area contributed by atoms with Crippen LogP contribution in [0.4, 0.5) is 0 Å². The molecule has 5 aromatic heterocycles. The first-order valence-electron chi connectivity index (χ1n) is 13.8. The molecule has 0 N–H and O–H groups in total. The third-order valence-electron chi connectivity index (χ3n) is 7.81. The highest BCUT2D eigenvalue weighted by Crippen LogP contribution is 2.50. The van der Waals surface area contributed by atoms with Gasteiger partial charge in [-0.2, -0.15) is 0 Å². The zero-order valence-corrected chi connectivity index (χ0v) is 25.3. The van der Waals surface area contributed by atoms with Crippen LogP contribution in [-0.4, -0.2) is 4.57 Å². The highest BCUT2D eigenvalue weighted by Gasteiger charge is 2.24. The number of thioether (sulfide) groups is 1. The van der Waals surface area contributed by atoms with Gasteiger partial charge < -0.3 is 8.98 Å². The molecule has 2 nitrogen and oxygen atoms in total. The maximum atomic E-state index is 6.71. The van der Waals surface area contributed by atoms with Crippen LogP contribution in [0.25, 0.3) is 58.1 Å². The van der Waals surface area contributed by atoms with Gasteiger partial charge in [-0.25, -0.2) is 0 Å². The number of hydrogen-bond donors (Lipinski definition) is 0. The zero-order valence-electron chi connectivity index (χ0n) is 22.1. The number of furan rings is 1. The molecular weight excluding hydrogens is 567 g/mol. The van der Waals surface area contributed by atoms with Gasteiger partial charge in [-0.15, -0.1) is 45.8 Å². The summed E-state index contributed by atoms with van der Waals surface area (Å²) in [5.74, 6) is 0. The van der Waals surface area contributed by atoms with E-state index in [9.17, 15) is 0 Å². The van der Waals surface area contributed by atoms with Crippen molar-refractivity contribution in [3.8, 4) is 20.2 Å². The fraction of sp³-hybridized carbons (Fsp3) is 0.176. The average molecular weight is 594 g/mol. The highest BCUT2D eigenvalue weighted by atomic mass is 32.2. The van der Waals surface area contributed by atoms with Crippen LogP contribution in [0, 0.1) is 0 Å². The topological polar surface area (TPSA) is 18.1 Å². The number of benzene rings is 2. The summed E-state index contributed by atoms with van der Waals surface area (Å²) in [4.78, 5) is 6.76. The summed E-state index contributed by atoms with van der Waals surface area (Å²) in [6.45, 7) is 3.22. The van der Waals surface area contributed by atoms with E-state index in [1.54, 1.807) is 11.3 Å². The molecule has 0 bridgehead atoms. The lowest BCUT2D eigenvalue weighted by Crippen LogP contribution is -1.96. The van der Waals surface area contributed by atoms with Gasteiger partial charge in [0, 0.05) is 47.0 Å². The van der Waals surface area contributed by atoms with E-state index >= 15 is 0 Å². The minimum Gasteiger partial charge on any atom is -0.439 e.